The summed E-state index contributed by atoms with van der Waals surface area (Å²) in [6.45, 7) is 5.13. The van der Waals surface area contributed by atoms with Crippen LogP contribution in [0.25, 0.3) is 0 Å². The molecule has 1 aliphatic rings. The van der Waals surface area contributed by atoms with Gasteiger partial charge < -0.3 is 24.8 Å². The molecule has 0 radical (unpaired) electrons. The van der Waals surface area contributed by atoms with Gasteiger partial charge in [-0.2, -0.15) is 0 Å². The number of aliphatic hydroxyl groups is 1. The highest BCUT2D eigenvalue weighted by atomic mass is 32.2. The summed E-state index contributed by atoms with van der Waals surface area (Å²) in [5, 5.41) is 14.0. The molecule has 9 nitrogen and oxygen atoms in total. The number of benzene rings is 3. The van der Waals surface area contributed by atoms with Crippen molar-refractivity contribution in [1.82, 2.24) is 9.62 Å². The normalized spacial score (nSPS) is 15.0. The number of likely N-dealkylation sites (tertiary alicyclic amines) is 1. The maximum Gasteiger partial charge on any atom is 0.321 e. The number of carbonyl (C=O) groups excluding carboxylic acids is 1. The summed E-state index contributed by atoms with van der Waals surface area (Å²) in [6, 6.07) is 16.0. The first-order valence-corrected chi connectivity index (χ1v) is 15.6. The minimum absolute atomic E-state index is 0.0898. The molecular weight excluding hydrogens is 561 g/mol. The Labute approximate surface area is 246 Å². The van der Waals surface area contributed by atoms with Gasteiger partial charge in [0.1, 0.15) is 28.8 Å². The van der Waals surface area contributed by atoms with Crippen LogP contribution in [0.5, 0.6) is 23.0 Å². The molecule has 226 valence electrons. The van der Waals surface area contributed by atoms with Crippen molar-refractivity contribution in [3.63, 3.8) is 0 Å². The fraction of sp³-hybridized carbons (Fsp3) is 0.387. The van der Waals surface area contributed by atoms with Gasteiger partial charge in [0.2, 0.25) is 10.0 Å². The van der Waals surface area contributed by atoms with Crippen molar-refractivity contribution in [2.75, 3.05) is 25.5 Å². The van der Waals surface area contributed by atoms with Crippen molar-refractivity contribution in [2.24, 2.45) is 5.92 Å². The van der Waals surface area contributed by atoms with Crippen LogP contribution in [0.2, 0.25) is 0 Å². The summed E-state index contributed by atoms with van der Waals surface area (Å²) < 4.78 is 51.7. The lowest BCUT2D eigenvalue weighted by molar-refractivity contribution is -0.0309. The van der Waals surface area contributed by atoms with E-state index in [1.807, 2.05) is 0 Å². The Morgan fingerprint density at radius 2 is 1.45 bits per heavy atom. The number of amides is 2. The molecule has 0 aliphatic carbocycles. The van der Waals surface area contributed by atoms with Crippen LogP contribution in [0.15, 0.2) is 71.6 Å². The van der Waals surface area contributed by atoms with Crippen LogP contribution in [0.4, 0.5) is 14.9 Å². The van der Waals surface area contributed by atoms with Crippen LogP contribution < -0.4 is 19.5 Å². The Bertz CT molecular complexity index is 1450. The predicted molar refractivity (Wildman–Crippen MR) is 159 cm³/mol. The molecule has 1 aliphatic heterocycles. The third kappa shape index (κ3) is 8.21. The molecule has 42 heavy (non-hydrogen) atoms. The average Bonchev–Trinajstić information content (AvgIpc) is 2.97. The molecule has 1 saturated heterocycles. The largest absolute Gasteiger partial charge is 0.457 e. The first kappa shape index (κ1) is 31.3. The second kappa shape index (κ2) is 13.5. The van der Waals surface area contributed by atoms with E-state index in [0.717, 1.165) is 19.3 Å². The van der Waals surface area contributed by atoms with E-state index in [0.29, 0.717) is 60.5 Å². The molecule has 1 heterocycles. The lowest BCUT2D eigenvalue weighted by atomic mass is 9.81. The molecule has 0 spiro atoms. The van der Waals surface area contributed by atoms with Crippen LogP contribution in [0.1, 0.15) is 46.0 Å². The topological polar surface area (TPSA) is 117 Å². The molecule has 0 unspecified atom stereocenters. The Morgan fingerprint density at radius 1 is 0.929 bits per heavy atom. The number of hydrogen-bond acceptors (Lipinski definition) is 6. The lowest BCUT2D eigenvalue weighted by Gasteiger charge is -2.39. The van der Waals surface area contributed by atoms with E-state index in [1.54, 1.807) is 23.1 Å². The summed E-state index contributed by atoms with van der Waals surface area (Å²) in [5.41, 5.74) is -0.360. The van der Waals surface area contributed by atoms with E-state index in [1.165, 1.54) is 55.6 Å². The number of carbonyl (C=O) groups is 1. The van der Waals surface area contributed by atoms with Crippen molar-refractivity contribution < 1.29 is 32.2 Å². The zero-order valence-corrected chi connectivity index (χ0v) is 24.9. The molecule has 0 atom stereocenters. The van der Waals surface area contributed by atoms with Gasteiger partial charge in [-0.05, 0) is 80.8 Å². The van der Waals surface area contributed by atoms with Gasteiger partial charge in [-0.25, -0.2) is 22.3 Å². The molecule has 1 fully saturated rings. The van der Waals surface area contributed by atoms with Crippen molar-refractivity contribution in [1.29, 1.82) is 0 Å². The van der Waals surface area contributed by atoms with Crippen LogP contribution in [0.3, 0.4) is 0 Å². The van der Waals surface area contributed by atoms with Crippen LogP contribution in [-0.2, 0) is 10.0 Å². The highest BCUT2D eigenvalue weighted by molar-refractivity contribution is 7.89. The zero-order valence-electron chi connectivity index (χ0n) is 24.1. The number of rotatable bonds is 11. The number of urea groups is 1. The summed E-state index contributed by atoms with van der Waals surface area (Å²) in [6.07, 6.45) is 3.79. The summed E-state index contributed by atoms with van der Waals surface area (Å²) >= 11 is 0. The van der Waals surface area contributed by atoms with Crippen molar-refractivity contribution in [3.05, 3.63) is 72.5 Å². The number of nitrogens with one attached hydrogen (secondary N) is 2. The monoisotopic (exact) mass is 599 g/mol. The van der Waals surface area contributed by atoms with Crippen LogP contribution in [0, 0.1) is 11.7 Å². The summed E-state index contributed by atoms with van der Waals surface area (Å²) in [5.74, 6) is 1.48. The SMILES string of the molecule is CCC(CC)CC1(O)CCN(C(=O)Nc2cc(Oc3ccc(F)cc3)cc(Oc3ccc(S(=O)(=O)NC)cc3)c2)CC1. The Kier molecular flexibility index (Phi) is 10.1. The van der Waals surface area contributed by atoms with Gasteiger partial charge in [-0.1, -0.05) is 26.7 Å². The van der Waals surface area contributed by atoms with Crippen molar-refractivity contribution in [3.8, 4) is 23.0 Å². The quantitative estimate of drug-likeness (QED) is 0.232. The number of anilines is 1. The molecule has 4 rings (SSSR count). The van der Waals surface area contributed by atoms with Gasteiger partial charge in [-0.15, -0.1) is 0 Å². The van der Waals surface area contributed by atoms with E-state index < -0.39 is 21.4 Å². The summed E-state index contributed by atoms with van der Waals surface area (Å²) in [7, 11) is -2.27. The summed E-state index contributed by atoms with van der Waals surface area (Å²) in [4.78, 5) is 15.0. The number of halogens is 1. The Hall–Kier alpha value is -3.67. The molecule has 3 aromatic rings. The molecule has 0 saturated carbocycles. The highest BCUT2D eigenvalue weighted by Crippen LogP contribution is 2.34. The number of nitrogens with zero attached hydrogens (tertiary/aromatic N) is 1. The third-order valence-corrected chi connectivity index (χ3v) is 9.05. The molecule has 3 N–H and O–H groups in total. The molecule has 2 amide bonds. The minimum Gasteiger partial charge on any atom is -0.457 e. The van der Waals surface area contributed by atoms with E-state index >= 15 is 0 Å². The smallest absolute Gasteiger partial charge is 0.321 e. The van der Waals surface area contributed by atoms with E-state index in [9.17, 15) is 22.7 Å². The maximum absolute atomic E-state index is 13.4. The molecule has 3 aromatic carbocycles. The maximum atomic E-state index is 13.4. The number of sulfonamides is 1. The van der Waals surface area contributed by atoms with Crippen LogP contribution in [-0.4, -0.2) is 50.2 Å². The van der Waals surface area contributed by atoms with Gasteiger partial charge in [0, 0.05) is 37.0 Å². The number of hydrogen-bond donors (Lipinski definition) is 3. The Morgan fingerprint density at radius 3 is 1.95 bits per heavy atom. The van der Waals surface area contributed by atoms with E-state index in [2.05, 4.69) is 23.9 Å². The number of piperidine rings is 1. The predicted octanol–water partition coefficient (Wildman–Crippen LogP) is 6.50. The Balaban J connectivity index is 1.51. The zero-order chi connectivity index (χ0) is 30.3. The van der Waals surface area contributed by atoms with E-state index in [4.69, 9.17) is 9.47 Å². The molecule has 0 aromatic heterocycles. The fourth-order valence-corrected chi connectivity index (χ4v) is 5.72. The first-order chi connectivity index (χ1) is 20.0. The second-order valence-electron chi connectivity index (χ2n) is 10.6. The molecular formula is C31H38FN3O6S. The second-order valence-corrected chi connectivity index (χ2v) is 12.4. The van der Waals surface area contributed by atoms with Crippen molar-refractivity contribution >= 4 is 21.7 Å². The third-order valence-electron chi connectivity index (χ3n) is 7.62. The fourth-order valence-electron chi connectivity index (χ4n) is 4.99. The van der Waals surface area contributed by atoms with Gasteiger partial charge in [-0.3, -0.25) is 0 Å². The van der Waals surface area contributed by atoms with E-state index in [-0.39, 0.29) is 10.9 Å². The first-order valence-electron chi connectivity index (χ1n) is 14.1. The van der Waals surface area contributed by atoms with Gasteiger partial charge in [0.25, 0.3) is 0 Å². The highest BCUT2D eigenvalue weighted by Gasteiger charge is 2.35. The van der Waals surface area contributed by atoms with Crippen molar-refractivity contribution in [2.45, 2.75) is 56.4 Å². The molecule has 11 heteroatoms. The molecule has 0 bridgehead atoms. The van der Waals surface area contributed by atoms with Crippen LogP contribution >= 0.6 is 0 Å². The number of ether oxygens (including phenoxy) is 2. The average molecular weight is 600 g/mol. The standard InChI is InChI=1S/C31H38FN3O6S/c1-4-22(5-2)21-31(37)14-16-35(17-15-31)30(36)34-24-18-27(40-25-8-6-23(32)7-9-25)20-28(19-24)41-26-10-12-29(13-11-26)42(38,39)33-3/h6-13,18-20,22,33,37H,4-5,14-17,21H2,1-3H3,(H,34,36). The van der Waals surface area contributed by atoms with Gasteiger partial charge in [0.15, 0.2) is 0 Å². The van der Waals surface area contributed by atoms with Gasteiger partial charge in [0.05, 0.1) is 10.5 Å². The van der Waals surface area contributed by atoms with Gasteiger partial charge >= 0.3 is 6.03 Å². The lowest BCUT2D eigenvalue weighted by Crippen LogP contribution is -2.48. The minimum atomic E-state index is -3.60.